The number of carbonyl (C=O) groups is 1. The van der Waals surface area contributed by atoms with Crippen molar-refractivity contribution in [1.29, 1.82) is 0 Å². The van der Waals surface area contributed by atoms with E-state index in [2.05, 4.69) is 22.4 Å². The maximum absolute atomic E-state index is 12.7. The van der Waals surface area contributed by atoms with Gasteiger partial charge in [0.1, 0.15) is 0 Å². The molecule has 1 heterocycles. The number of benzene rings is 3. The van der Waals surface area contributed by atoms with Crippen molar-refractivity contribution in [1.82, 2.24) is 10.2 Å². The zero-order valence-electron chi connectivity index (χ0n) is 16.5. The lowest BCUT2D eigenvalue weighted by Gasteiger charge is -2.12. The number of rotatable bonds is 5. The van der Waals surface area contributed by atoms with E-state index in [1.807, 2.05) is 74.5 Å². The molecule has 1 aromatic heterocycles. The number of anilines is 1. The molecular formula is C23H21N3O2S. The van der Waals surface area contributed by atoms with Gasteiger partial charge in [0.2, 0.25) is 11.8 Å². The van der Waals surface area contributed by atoms with Crippen LogP contribution in [0, 0.1) is 13.8 Å². The van der Waals surface area contributed by atoms with E-state index in [4.69, 9.17) is 4.42 Å². The highest BCUT2D eigenvalue weighted by atomic mass is 32.2. The molecular weight excluding hydrogens is 382 g/mol. The third kappa shape index (κ3) is 4.17. The number of fused-ring (bicyclic) bond motifs is 1. The summed E-state index contributed by atoms with van der Waals surface area (Å²) in [6.45, 7) is 5.93. The molecule has 6 heteroatoms. The second-order valence-corrected chi connectivity index (χ2v) is 8.24. The largest absolute Gasteiger partial charge is 0.411 e. The SMILES string of the molecule is Cc1ccc(-c2nnc(S[C@@H](C)C(=O)Nc3cccc4ccccc34)o2)cc1C. The van der Waals surface area contributed by atoms with E-state index in [-0.39, 0.29) is 11.2 Å². The number of hydrogen-bond donors (Lipinski definition) is 1. The molecule has 5 nitrogen and oxygen atoms in total. The summed E-state index contributed by atoms with van der Waals surface area (Å²) in [5, 5.41) is 13.3. The Hall–Kier alpha value is -3.12. The van der Waals surface area contributed by atoms with Crippen LogP contribution in [0.15, 0.2) is 70.3 Å². The third-order valence-corrected chi connectivity index (χ3v) is 5.79. The minimum absolute atomic E-state index is 0.114. The van der Waals surface area contributed by atoms with E-state index in [1.54, 1.807) is 0 Å². The van der Waals surface area contributed by atoms with Crippen LogP contribution >= 0.6 is 11.8 Å². The molecule has 4 aromatic rings. The first-order chi connectivity index (χ1) is 14.0. The molecule has 4 rings (SSSR count). The molecule has 1 N–H and O–H groups in total. The number of carbonyl (C=O) groups excluding carboxylic acids is 1. The van der Waals surface area contributed by atoms with Gasteiger partial charge in [0.05, 0.1) is 5.25 Å². The van der Waals surface area contributed by atoms with Gasteiger partial charge in [-0.05, 0) is 55.5 Å². The number of thioether (sulfide) groups is 1. The lowest BCUT2D eigenvalue weighted by Crippen LogP contribution is -2.22. The number of aryl methyl sites for hydroxylation is 2. The first-order valence-electron chi connectivity index (χ1n) is 9.37. The lowest BCUT2D eigenvalue weighted by atomic mass is 10.1. The van der Waals surface area contributed by atoms with Gasteiger partial charge < -0.3 is 9.73 Å². The average molecular weight is 404 g/mol. The van der Waals surface area contributed by atoms with Gasteiger partial charge >= 0.3 is 0 Å². The van der Waals surface area contributed by atoms with Crippen molar-refractivity contribution < 1.29 is 9.21 Å². The van der Waals surface area contributed by atoms with Gasteiger partial charge in [-0.2, -0.15) is 0 Å². The van der Waals surface area contributed by atoms with Crippen molar-refractivity contribution in [2.75, 3.05) is 5.32 Å². The summed E-state index contributed by atoms with van der Waals surface area (Å²) < 4.78 is 5.77. The van der Waals surface area contributed by atoms with E-state index in [1.165, 1.54) is 17.3 Å². The van der Waals surface area contributed by atoms with E-state index in [0.717, 1.165) is 27.6 Å². The van der Waals surface area contributed by atoms with Crippen LogP contribution in [0.4, 0.5) is 5.69 Å². The van der Waals surface area contributed by atoms with Crippen molar-refractivity contribution in [2.24, 2.45) is 0 Å². The van der Waals surface area contributed by atoms with Gasteiger partial charge in [-0.25, -0.2) is 0 Å². The first-order valence-corrected chi connectivity index (χ1v) is 10.3. The van der Waals surface area contributed by atoms with Crippen molar-refractivity contribution in [3.8, 4) is 11.5 Å². The second-order valence-electron chi connectivity index (χ2n) is 6.95. The van der Waals surface area contributed by atoms with Crippen LogP contribution in [0.5, 0.6) is 0 Å². The van der Waals surface area contributed by atoms with Crippen LogP contribution < -0.4 is 5.32 Å². The predicted octanol–water partition coefficient (Wildman–Crippen LogP) is 5.63. The molecule has 3 aromatic carbocycles. The topological polar surface area (TPSA) is 68.0 Å². The van der Waals surface area contributed by atoms with E-state index in [0.29, 0.717) is 11.1 Å². The zero-order valence-corrected chi connectivity index (χ0v) is 17.3. The Kier molecular flexibility index (Phi) is 5.36. The monoisotopic (exact) mass is 403 g/mol. The summed E-state index contributed by atoms with van der Waals surface area (Å²) in [6, 6.07) is 19.8. The molecule has 0 aliphatic carbocycles. The smallest absolute Gasteiger partial charge is 0.277 e. The normalized spacial score (nSPS) is 12.1. The summed E-state index contributed by atoms with van der Waals surface area (Å²) in [5.41, 5.74) is 4.04. The summed E-state index contributed by atoms with van der Waals surface area (Å²) in [6.07, 6.45) is 0. The Balaban J connectivity index is 1.46. The Labute approximate surface area is 173 Å². The minimum Gasteiger partial charge on any atom is -0.411 e. The number of nitrogens with zero attached hydrogens (tertiary/aromatic N) is 2. The van der Waals surface area contributed by atoms with Crippen molar-refractivity contribution >= 4 is 34.1 Å². The molecule has 0 radical (unpaired) electrons. The van der Waals surface area contributed by atoms with Crippen LogP contribution in [0.3, 0.4) is 0 Å². The van der Waals surface area contributed by atoms with E-state index in [9.17, 15) is 4.79 Å². The second kappa shape index (κ2) is 8.09. The summed E-state index contributed by atoms with van der Waals surface area (Å²) in [4.78, 5) is 12.7. The number of amides is 1. The van der Waals surface area contributed by atoms with Crippen molar-refractivity contribution in [3.63, 3.8) is 0 Å². The van der Waals surface area contributed by atoms with Crippen molar-refractivity contribution in [2.45, 2.75) is 31.2 Å². The highest BCUT2D eigenvalue weighted by Crippen LogP contribution is 2.29. The molecule has 1 amide bonds. The fourth-order valence-electron chi connectivity index (χ4n) is 3.02. The molecule has 29 heavy (non-hydrogen) atoms. The number of nitrogens with one attached hydrogen (secondary N) is 1. The molecule has 146 valence electrons. The molecule has 0 saturated carbocycles. The Morgan fingerprint density at radius 3 is 2.62 bits per heavy atom. The van der Waals surface area contributed by atoms with Crippen LogP contribution in [0.2, 0.25) is 0 Å². The summed E-state index contributed by atoms with van der Waals surface area (Å²) in [7, 11) is 0. The fourth-order valence-corrected chi connectivity index (χ4v) is 3.71. The van der Waals surface area contributed by atoms with Gasteiger partial charge in [0.15, 0.2) is 0 Å². The molecule has 0 fully saturated rings. The summed E-state index contributed by atoms with van der Waals surface area (Å²) >= 11 is 1.25. The Bertz CT molecular complexity index is 1180. The summed E-state index contributed by atoms with van der Waals surface area (Å²) in [5.74, 6) is 0.342. The number of hydrogen-bond acceptors (Lipinski definition) is 5. The van der Waals surface area contributed by atoms with E-state index >= 15 is 0 Å². The molecule has 0 aliphatic heterocycles. The van der Waals surface area contributed by atoms with Gasteiger partial charge in [0, 0.05) is 16.6 Å². The van der Waals surface area contributed by atoms with E-state index < -0.39 is 0 Å². The average Bonchev–Trinajstić information content (AvgIpc) is 3.18. The maximum atomic E-state index is 12.7. The quantitative estimate of drug-likeness (QED) is 0.438. The zero-order chi connectivity index (χ0) is 20.4. The Morgan fingerprint density at radius 2 is 1.79 bits per heavy atom. The highest BCUT2D eigenvalue weighted by molar-refractivity contribution is 8.00. The van der Waals surface area contributed by atoms with Crippen molar-refractivity contribution in [3.05, 3.63) is 71.8 Å². The minimum atomic E-state index is -0.387. The van der Waals surface area contributed by atoms with Crippen LogP contribution in [-0.2, 0) is 4.79 Å². The highest BCUT2D eigenvalue weighted by Gasteiger charge is 2.19. The fraction of sp³-hybridized carbons (Fsp3) is 0.174. The predicted molar refractivity (Wildman–Crippen MR) is 117 cm³/mol. The standard InChI is InChI=1S/C23H21N3O2S/c1-14-11-12-18(13-15(14)2)22-25-26-23(28-22)29-16(3)21(27)24-20-10-6-8-17-7-4-5-9-19(17)20/h4-13,16H,1-3H3,(H,24,27)/t16-/m0/s1. The molecule has 1 atom stereocenters. The molecule has 0 unspecified atom stereocenters. The van der Waals surface area contributed by atoms with Gasteiger partial charge in [-0.1, -0.05) is 54.2 Å². The van der Waals surface area contributed by atoms with Crippen LogP contribution in [0.1, 0.15) is 18.1 Å². The Morgan fingerprint density at radius 1 is 1.00 bits per heavy atom. The molecule has 0 aliphatic rings. The first kappa shape index (κ1) is 19.2. The third-order valence-electron chi connectivity index (χ3n) is 4.85. The van der Waals surface area contributed by atoms with Crippen LogP contribution in [0.25, 0.3) is 22.2 Å². The van der Waals surface area contributed by atoms with Crippen LogP contribution in [-0.4, -0.2) is 21.4 Å². The number of aromatic nitrogens is 2. The molecule has 0 spiro atoms. The van der Waals surface area contributed by atoms with Gasteiger partial charge in [-0.15, -0.1) is 10.2 Å². The lowest BCUT2D eigenvalue weighted by molar-refractivity contribution is -0.115. The molecule has 0 saturated heterocycles. The maximum Gasteiger partial charge on any atom is 0.277 e. The molecule has 0 bridgehead atoms. The van der Waals surface area contributed by atoms with Gasteiger partial charge in [-0.3, -0.25) is 4.79 Å². The van der Waals surface area contributed by atoms with Gasteiger partial charge in [0.25, 0.3) is 5.22 Å².